The summed E-state index contributed by atoms with van der Waals surface area (Å²) in [6.07, 6.45) is 0. The van der Waals surface area contributed by atoms with E-state index in [1.807, 2.05) is 11.3 Å². The van der Waals surface area contributed by atoms with E-state index in [0.29, 0.717) is 0 Å². The zero-order valence-corrected chi connectivity index (χ0v) is 38.2. The summed E-state index contributed by atoms with van der Waals surface area (Å²) in [5.74, 6) is 0. The topological polar surface area (TPSA) is 6.48 Å². The number of nitrogens with zero attached hydrogens (tertiary/aromatic N) is 2. The summed E-state index contributed by atoms with van der Waals surface area (Å²) in [5.41, 5.74) is 19.5. The van der Waals surface area contributed by atoms with Gasteiger partial charge in [-0.05, 0) is 127 Å². The van der Waals surface area contributed by atoms with Crippen molar-refractivity contribution in [1.82, 2.24) is 0 Å². The minimum absolute atomic E-state index is 0.00451. The first kappa shape index (κ1) is 39.4. The smallest absolute Gasteiger partial charge is 0.264 e. The van der Waals surface area contributed by atoms with Gasteiger partial charge in [0.15, 0.2) is 0 Å². The first-order valence-corrected chi connectivity index (χ1v) is 22.3. The monoisotopic (exact) mass is 790 g/mol. The first-order chi connectivity index (χ1) is 27.7. The largest absolute Gasteiger partial charge is 0.311 e. The minimum Gasteiger partial charge on any atom is -0.311 e. The molecule has 9 rings (SSSR count). The molecule has 0 amide bonds. The maximum Gasteiger partial charge on any atom is 0.264 e. The molecule has 59 heavy (non-hydrogen) atoms. The van der Waals surface area contributed by atoms with E-state index in [1.165, 1.54) is 98.9 Å². The van der Waals surface area contributed by atoms with Crippen LogP contribution in [0.4, 0.5) is 34.1 Å². The number of benzene rings is 6. The summed E-state index contributed by atoms with van der Waals surface area (Å²) < 4.78 is 2.76. The molecule has 2 nitrogen and oxygen atoms in total. The number of aryl methyl sites for hydroxylation is 1. The number of thiophene rings is 1. The Labute approximate surface area is 358 Å². The SMILES string of the molecule is Cc1cc2c3c(c1)N(c1ccc(C(C)(C)C)cc1)c1c(sc4ccc(C(C)(C)C)cc14)B3c1cc(C(C)(C)C)ccc1N2c1ccc(C(C)(C)C)cc1-c1ccccc1. The lowest BCUT2D eigenvalue weighted by atomic mass is 9.36. The van der Waals surface area contributed by atoms with Crippen LogP contribution in [-0.4, -0.2) is 6.71 Å². The molecule has 7 aromatic rings. The number of rotatable bonds is 3. The van der Waals surface area contributed by atoms with Gasteiger partial charge < -0.3 is 9.80 Å². The van der Waals surface area contributed by atoms with Gasteiger partial charge in [0.05, 0.1) is 11.4 Å². The Balaban J connectivity index is 1.41. The van der Waals surface area contributed by atoms with Gasteiger partial charge in [0.25, 0.3) is 6.71 Å². The van der Waals surface area contributed by atoms with E-state index in [-0.39, 0.29) is 28.4 Å². The lowest BCUT2D eigenvalue weighted by Gasteiger charge is -2.44. The molecule has 0 saturated heterocycles. The molecule has 0 saturated carbocycles. The molecular weight excluding hydrogens is 731 g/mol. The molecule has 3 heterocycles. The molecule has 0 atom stereocenters. The third-order valence-corrected chi connectivity index (χ3v) is 13.9. The fourth-order valence-corrected chi connectivity index (χ4v) is 10.5. The number of anilines is 6. The van der Waals surface area contributed by atoms with Crippen LogP contribution in [0.5, 0.6) is 0 Å². The molecule has 0 fully saturated rings. The van der Waals surface area contributed by atoms with E-state index in [9.17, 15) is 0 Å². The summed E-state index contributed by atoms with van der Waals surface area (Å²) in [7, 11) is 0. The highest BCUT2D eigenvalue weighted by Crippen LogP contribution is 2.50. The summed E-state index contributed by atoms with van der Waals surface area (Å²) in [5, 5.41) is 1.34. The fourth-order valence-electron chi connectivity index (χ4n) is 9.24. The molecule has 0 N–H and O–H groups in total. The van der Waals surface area contributed by atoms with Gasteiger partial charge in [0, 0.05) is 43.2 Å². The highest BCUT2D eigenvalue weighted by Gasteiger charge is 2.46. The Bertz CT molecular complexity index is 2760. The molecule has 1 aromatic heterocycles. The second-order valence-electron chi connectivity index (χ2n) is 21.3. The lowest BCUT2D eigenvalue weighted by Crippen LogP contribution is -2.60. The third kappa shape index (κ3) is 6.63. The quantitative estimate of drug-likeness (QED) is 0.165. The van der Waals surface area contributed by atoms with Gasteiger partial charge in [-0.3, -0.25) is 0 Å². The molecule has 0 spiro atoms. The minimum atomic E-state index is -0.0140. The van der Waals surface area contributed by atoms with E-state index >= 15 is 0 Å². The average Bonchev–Trinajstić information content (AvgIpc) is 3.55. The standard InChI is InChI=1S/C55H59BN2S/c1-34-29-46-49-47(30-34)58(44-26-21-37(53(5,6)7)31-41(44)35-17-15-14-16-18-35)45-27-22-39(55(11,12)13)33-43(45)56(49)51-50(42-32-38(54(8,9)10)23-28-48(42)59-51)57(46)40-24-19-36(20-25-40)52(2,3)4/h14-33H,1-13H3. The Kier molecular flexibility index (Phi) is 9.00. The molecule has 0 radical (unpaired) electrons. The zero-order valence-electron chi connectivity index (χ0n) is 37.4. The number of hydrogen-bond acceptors (Lipinski definition) is 3. The van der Waals surface area contributed by atoms with Crippen molar-refractivity contribution in [2.45, 2.75) is 112 Å². The van der Waals surface area contributed by atoms with Crippen LogP contribution in [0.2, 0.25) is 0 Å². The van der Waals surface area contributed by atoms with E-state index in [2.05, 4.69) is 221 Å². The summed E-state index contributed by atoms with van der Waals surface area (Å²) in [6.45, 7) is 30.3. The van der Waals surface area contributed by atoms with Crippen molar-refractivity contribution < 1.29 is 0 Å². The van der Waals surface area contributed by atoms with Gasteiger partial charge in [-0.25, -0.2) is 0 Å². The summed E-state index contributed by atoms with van der Waals surface area (Å²) >= 11 is 1.99. The van der Waals surface area contributed by atoms with Gasteiger partial charge >= 0.3 is 0 Å². The van der Waals surface area contributed by atoms with Crippen LogP contribution in [0.3, 0.4) is 0 Å². The number of fused-ring (bicyclic) bond motifs is 6. The zero-order chi connectivity index (χ0) is 42.0. The van der Waals surface area contributed by atoms with Gasteiger partial charge in [-0.15, -0.1) is 11.3 Å². The Morgan fingerprint density at radius 1 is 0.475 bits per heavy atom. The maximum absolute atomic E-state index is 2.62. The maximum atomic E-state index is 2.62. The Hall–Kier alpha value is -5.06. The lowest BCUT2D eigenvalue weighted by molar-refractivity contribution is 0.590. The van der Waals surface area contributed by atoms with Gasteiger partial charge in [-0.1, -0.05) is 150 Å². The van der Waals surface area contributed by atoms with E-state index in [4.69, 9.17) is 0 Å². The van der Waals surface area contributed by atoms with Crippen molar-refractivity contribution in [3.63, 3.8) is 0 Å². The van der Waals surface area contributed by atoms with Crippen LogP contribution in [0.1, 0.15) is 111 Å². The molecule has 2 aliphatic heterocycles. The second-order valence-corrected chi connectivity index (χ2v) is 22.3. The normalized spacial score (nSPS) is 14.1. The van der Waals surface area contributed by atoms with Crippen LogP contribution < -0.4 is 25.5 Å². The van der Waals surface area contributed by atoms with Crippen molar-refractivity contribution in [3.05, 3.63) is 149 Å². The second kappa shape index (κ2) is 13.5. The molecule has 298 valence electrons. The summed E-state index contributed by atoms with van der Waals surface area (Å²) in [4.78, 5) is 5.22. The van der Waals surface area contributed by atoms with E-state index in [1.54, 1.807) is 0 Å². The molecule has 0 bridgehead atoms. The van der Waals surface area contributed by atoms with Crippen LogP contribution in [0, 0.1) is 6.92 Å². The molecule has 6 aromatic carbocycles. The summed E-state index contributed by atoms with van der Waals surface area (Å²) in [6, 6.07) is 47.1. The van der Waals surface area contributed by atoms with Crippen molar-refractivity contribution in [2.75, 3.05) is 9.80 Å². The number of hydrogen-bond donors (Lipinski definition) is 0. The van der Waals surface area contributed by atoms with Crippen LogP contribution >= 0.6 is 11.3 Å². The fraction of sp³-hybridized carbons (Fsp3) is 0.309. The molecule has 0 aliphatic carbocycles. The highest BCUT2D eigenvalue weighted by atomic mass is 32.1. The van der Waals surface area contributed by atoms with Crippen LogP contribution in [0.25, 0.3) is 21.2 Å². The van der Waals surface area contributed by atoms with Crippen molar-refractivity contribution in [3.8, 4) is 11.1 Å². The van der Waals surface area contributed by atoms with E-state index < -0.39 is 0 Å². The molecular formula is C55H59BN2S. The van der Waals surface area contributed by atoms with Crippen molar-refractivity contribution in [1.29, 1.82) is 0 Å². The Morgan fingerprint density at radius 3 is 1.61 bits per heavy atom. The molecule has 4 heteroatoms. The predicted molar refractivity (Wildman–Crippen MR) is 261 cm³/mol. The van der Waals surface area contributed by atoms with Gasteiger partial charge in [0.2, 0.25) is 0 Å². The predicted octanol–water partition coefficient (Wildman–Crippen LogP) is 14.1. The molecule has 2 aliphatic rings. The molecule has 0 unspecified atom stereocenters. The Morgan fingerprint density at radius 2 is 1.00 bits per heavy atom. The van der Waals surface area contributed by atoms with Crippen LogP contribution in [0.15, 0.2) is 121 Å². The highest BCUT2D eigenvalue weighted by molar-refractivity contribution is 7.33. The third-order valence-electron chi connectivity index (χ3n) is 12.7. The van der Waals surface area contributed by atoms with Gasteiger partial charge in [-0.2, -0.15) is 0 Å². The van der Waals surface area contributed by atoms with E-state index in [0.717, 1.165) is 0 Å². The van der Waals surface area contributed by atoms with Crippen molar-refractivity contribution in [2.24, 2.45) is 0 Å². The average molecular weight is 791 g/mol. The van der Waals surface area contributed by atoms with Gasteiger partial charge in [0.1, 0.15) is 0 Å². The first-order valence-electron chi connectivity index (χ1n) is 21.5. The van der Waals surface area contributed by atoms with Crippen LogP contribution in [-0.2, 0) is 21.7 Å². The van der Waals surface area contributed by atoms with Crippen molar-refractivity contribution >= 4 is 78.0 Å².